The average molecular weight is 300 g/mol. The lowest BCUT2D eigenvalue weighted by molar-refractivity contribution is -0.0450. The standard InChI is InChI=1S/C16H20N4O2/c21-14-9-12(1-5-17-14)10-20-6-2-13-15(19-11-18-13)16(20)3-7-22-8-4-16/h1,5,9,11H,2-4,6-8,10H2,(H,17,21)(H,18,19). The number of hydrogen-bond donors (Lipinski definition) is 2. The lowest BCUT2D eigenvalue weighted by atomic mass is 9.80. The van der Waals surface area contributed by atoms with Gasteiger partial charge in [0.2, 0.25) is 5.56 Å². The van der Waals surface area contributed by atoms with E-state index in [1.54, 1.807) is 18.6 Å². The zero-order valence-electron chi connectivity index (χ0n) is 12.5. The molecule has 22 heavy (non-hydrogen) atoms. The first-order valence-corrected chi connectivity index (χ1v) is 7.81. The molecule has 0 bridgehead atoms. The van der Waals surface area contributed by atoms with Crippen molar-refractivity contribution in [3.05, 3.63) is 52.0 Å². The van der Waals surface area contributed by atoms with E-state index >= 15 is 0 Å². The molecule has 2 aliphatic rings. The van der Waals surface area contributed by atoms with Crippen molar-refractivity contribution >= 4 is 0 Å². The van der Waals surface area contributed by atoms with Gasteiger partial charge in [-0.25, -0.2) is 4.98 Å². The Kier molecular flexibility index (Phi) is 3.35. The summed E-state index contributed by atoms with van der Waals surface area (Å²) in [6, 6.07) is 3.67. The van der Waals surface area contributed by atoms with Crippen molar-refractivity contribution in [3.63, 3.8) is 0 Å². The Hall–Kier alpha value is -1.92. The lowest BCUT2D eigenvalue weighted by Gasteiger charge is -2.48. The van der Waals surface area contributed by atoms with Crippen LogP contribution < -0.4 is 5.56 Å². The summed E-state index contributed by atoms with van der Waals surface area (Å²) in [5, 5.41) is 0. The van der Waals surface area contributed by atoms with Crippen molar-refractivity contribution in [1.82, 2.24) is 19.9 Å². The minimum absolute atomic E-state index is 0.0454. The number of aromatic amines is 2. The molecule has 0 amide bonds. The van der Waals surface area contributed by atoms with Gasteiger partial charge in [-0.3, -0.25) is 9.69 Å². The Bertz CT molecular complexity index is 715. The Morgan fingerprint density at radius 2 is 2.18 bits per heavy atom. The van der Waals surface area contributed by atoms with Gasteiger partial charge in [0.15, 0.2) is 0 Å². The SMILES string of the molecule is O=c1cc(CN2CCc3[nH]cnc3C23CCOCC3)cc[nH]1. The number of rotatable bonds is 2. The fourth-order valence-electron chi connectivity index (χ4n) is 3.82. The molecule has 1 saturated heterocycles. The van der Waals surface area contributed by atoms with Crippen LogP contribution in [0.15, 0.2) is 29.5 Å². The highest BCUT2D eigenvalue weighted by Crippen LogP contribution is 2.42. The first-order valence-electron chi connectivity index (χ1n) is 7.81. The molecular formula is C16H20N4O2. The summed E-state index contributed by atoms with van der Waals surface area (Å²) < 4.78 is 5.59. The van der Waals surface area contributed by atoms with Gasteiger partial charge in [0.1, 0.15) is 0 Å². The number of nitrogens with one attached hydrogen (secondary N) is 2. The van der Waals surface area contributed by atoms with E-state index < -0.39 is 0 Å². The van der Waals surface area contributed by atoms with Crippen LogP contribution in [0.5, 0.6) is 0 Å². The number of fused-ring (bicyclic) bond motifs is 2. The van der Waals surface area contributed by atoms with E-state index in [9.17, 15) is 4.79 Å². The maximum atomic E-state index is 11.5. The molecule has 2 aromatic rings. The summed E-state index contributed by atoms with van der Waals surface area (Å²) >= 11 is 0. The molecule has 2 aliphatic heterocycles. The zero-order valence-corrected chi connectivity index (χ0v) is 12.5. The number of nitrogens with zero attached hydrogens (tertiary/aromatic N) is 2. The monoisotopic (exact) mass is 300 g/mol. The largest absolute Gasteiger partial charge is 0.381 e. The van der Waals surface area contributed by atoms with E-state index in [4.69, 9.17) is 4.74 Å². The van der Waals surface area contributed by atoms with Crippen molar-refractivity contribution in [2.45, 2.75) is 31.3 Å². The van der Waals surface area contributed by atoms with Crippen LogP contribution >= 0.6 is 0 Å². The van der Waals surface area contributed by atoms with Gasteiger partial charge in [0, 0.05) is 50.7 Å². The first kappa shape index (κ1) is 13.7. The van der Waals surface area contributed by atoms with E-state index in [2.05, 4.69) is 19.9 Å². The number of hydrogen-bond acceptors (Lipinski definition) is 4. The van der Waals surface area contributed by atoms with Crippen LogP contribution in [0.2, 0.25) is 0 Å². The maximum Gasteiger partial charge on any atom is 0.248 e. The minimum Gasteiger partial charge on any atom is -0.381 e. The third-order valence-electron chi connectivity index (χ3n) is 4.93. The van der Waals surface area contributed by atoms with Crippen LogP contribution in [0.3, 0.4) is 0 Å². The van der Waals surface area contributed by atoms with Crippen molar-refractivity contribution in [2.75, 3.05) is 19.8 Å². The zero-order chi connectivity index (χ0) is 15.0. The fourth-order valence-corrected chi connectivity index (χ4v) is 3.82. The molecule has 6 heteroatoms. The van der Waals surface area contributed by atoms with E-state index in [1.807, 2.05) is 6.07 Å². The highest BCUT2D eigenvalue weighted by Gasteiger charge is 2.45. The predicted molar refractivity (Wildman–Crippen MR) is 81.5 cm³/mol. The van der Waals surface area contributed by atoms with E-state index in [0.29, 0.717) is 0 Å². The van der Waals surface area contributed by atoms with Gasteiger partial charge in [-0.15, -0.1) is 0 Å². The molecule has 0 aliphatic carbocycles. The Morgan fingerprint density at radius 3 is 3.00 bits per heavy atom. The molecule has 4 rings (SSSR count). The number of pyridine rings is 1. The highest BCUT2D eigenvalue weighted by molar-refractivity contribution is 5.27. The van der Waals surface area contributed by atoms with Gasteiger partial charge in [0.25, 0.3) is 0 Å². The van der Waals surface area contributed by atoms with Gasteiger partial charge in [-0.05, 0) is 24.5 Å². The molecule has 0 unspecified atom stereocenters. The van der Waals surface area contributed by atoms with Gasteiger partial charge < -0.3 is 14.7 Å². The van der Waals surface area contributed by atoms with Gasteiger partial charge in [-0.2, -0.15) is 0 Å². The molecule has 116 valence electrons. The van der Waals surface area contributed by atoms with Crippen molar-refractivity contribution < 1.29 is 4.74 Å². The van der Waals surface area contributed by atoms with Crippen molar-refractivity contribution in [2.24, 2.45) is 0 Å². The molecule has 2 N–H and O–H groups in total. The lowest BCUT2D eigenvalue weighted by Crippen LogP contribution is -2.53. The topological polar surface area (TPSA) is 74.0 Å². The second-order valence-corrected chi connectivity index (χ2v) is 6.11. The van der Waals surface area contributed by atoms with Crippen LogP contribution in [-0.2, 0) is 23.2 Å². The Morgan fingerprint density at radius 1 is 1.32 bits per heavy atom. The average Bonchev–Trinajstić information content (AvgIpc) is 3.01. The summed E-state index contributed by atoms with van der Waals surface area (Å²) in [6.07, 6.45) is 6.40. The van der Waals surface area contributed by atoms with Crippen molar-refractivity contribution in [1.29, 1.82) is 0 Å². The first-order chi connectivity index (χ1) is 10.8. The Labute approximate surface area is 128 Å². The molecule has 0 radical (unpaired) electrons. The van der Waals surface area contributed by atoms with E-state index in [1.165, 1.54) is 11.4 Å². The molecule has 1 fully saturated rings. The summed E-state index contributed by atoms with van der Waals surface area (Å²) in [5.41, 5.74) is 3.37. The molecule has 6 nitrogen and oxygen atoms in total. The maximum absolute atomic E-state index is 11.5. The summed E-state index contributed by atoms with van der Waals surface area (Å²) in [5.74, 6) is 0. The summed E-state index contributed by atoms with van der Waals surface area (Å²) in [7, 11) is 0. The smallest absolute Gasteiger partial charge is 0.248 e. The second-order valence-electron chi connectivity index (χ2n) is 6.11. The third-order valence-corrected chi connectivity index (χ3v) is 4.93. The van der Waals surface area contributed by atoms with E-state index in [-0.39, 0.29) is 11.1 Å². The third kappa shape index (κ3) is 2.19. The molecule has 0 aromatic carbocycles. The summed E-state index contributed by atoms with van der Waals surface area (Å²) in [4.78, 5) is 24.6. The van der Waals surface area contributed by atoms with Crippen molar-refractivity contribution in [3.8, 4) is 0 Å². The molecule has 1 spiro atoms. The number of ether oxygens (including phenoxy) is 1. The summed E-state index contributed by atoms with van der Waals surface area (Å²) in [6.45, 7) is 3.27. The fraction of sp³-hybridized carbons (Fsp3) is 0.500. The van der Waals surface area contributed by atoms with Crippen LogP contribution in [-0.4, -0.2) is 39.6 Å². The quantitative estimate of drug-likeness (QED) is 0.873. The van der Waals surface area contributed by atoms with Gasteiger partial charge in [-0.1, -0.05) is 0 Å². The predicted octanol–water partition coefficient (Wildman–Crippen LogP) is 1.16. The molecule has 0 saturated carbocycles. The van der Waals surface area contributed by atoms with Crippen LogP contribution in [0, 0.1) is 0 Å². The molecule has 2 aromatic heterocycles. The van der Waals surface area contributed by atoms with Crippen LogP contribution in [0.1, 0.15) is 29.8 Å². The number of imidazole rings is 1. The number of H-pyrrole nitrogens is 2. The van der Waals surface area contributed by atoms with Gasteiger partial charge >= 0.3 is 0 Å². The van der Waals surface area contributed by atoms with Crippen LogP contribution in [0.4, 0.5) is 0 Å². The van der Waals surface area contributed by atoms with E-state index in [0.717, 1.165) is 51.1 Å². The number of aromatic nitrogens is 3. The Balaban J connectivity index is 1.70. The molecular weight excluding hydrogens is 280 g/mol. The van der Waals surface area contributed by atoms with Gasteiger partial charge in [0.05, 0.1) is 17.6 Å². The second kappa shape index (κ2) is 5.37. The molecule has 4 heterocycles. The highest BCUT2D eigenvalue weighted by atomic mass is 16.5. The minimum atomic E-state index is -0.0611. The normalized spacial score (nSPS) is 20.9. The van der Waals surface area contributed by atoms with Crippen LogP contribution in [0.25, 0.3) is 0 Å². The molecule has 0 atom stereocenters.